The van der Waals surface area contributed by atoms with Gasteiger partial charge in [0.1, 0.15) is 5.60 Å². The van der Waals surface area contributed by atoms with Gasteiger partial charge in [-0.15, -0.1) is 0 Å². The van der Waals surface area contributed by atoms with Crippen LogP contribution in [0.2, 0.25) is 0 Å². The average Bonchev–Trinajstić information content (AvgIpc) is 3.19. The molecule has 1 amide bonds. The van der Waals surface area contributed by atoms with Gasteiger partial charge in [-0.2, -0.15) is 0 Å². The number of hydrogen-bond donors (Lipinski definition) is 1. The van der Waals surface area contributed by atoms with Crippen LogP contribution in [0.25, 0.3) is 0 Å². The molecule has 3 atom stereocenters. The van der Waals surface area contributed by atoms with Crippen molar-refractivity contribution in [1.29, 1.82) is 0 Å². The fourth-order valence-corrected chi connectivity index (χ4v) is 5.43. The number of piperidine rings is 1. The number of nitrogens with zero attached hydrogens (tertiary/aromatic N) is 2. The van der Waals surface area contributed by atoms with Crippen molar-refractivity contribution in [2.45, 2.75) is 31.4 Å². The third-order valence-corrected chi connectivity index (χ3v) is 6.88. The van der Waals surface area contributed by atoms with Gasteiger partial charge >= 0.3 is 0 Å². The highest BCUT2D eigenvalue weighted by Gasteiger charge is 2.51. The minimum atomic E-state index is -0.617. The Kier molecular flexibility index (Phi) is 4.80. The third kappa shape index (κ3) is 2.86. The van der Waals surface area contributed by atoms with E-state index in [4.69, 9.17) is 4.74 Å². The Morgan fingerprint density at radius 2 is 1.92 bits per heavy atom. The lowest BCUT2D eigenvalue weighted by Gasteiger charge is -2.38. The minimum Gasteiger partial charge on any atom is -0.368 e. The van der Waals surface area contributed by atoms with Gasteiger partial charge in [0.05, 0.1) is 0 Å². The summed E-state index contributed by atoms with van der Waals surface area (Å²) in [5.74, 6) is 1.28. The number of carbonyl (C=O) groups excluding carboxylic acids is 1. The van der Waals surface area contributed by atoms with Gasteiger partial charge in [0.25, 0.3) is 5.91 Å². The number of amides is 1. The fraction of sp³-hybridized carbons (Fsp3) is 0.667. The molecule has 142 valence electrons. The van der Waals surface area contributed by atoms with Crippen molar-refractivity contribution in [3.63, 3.8) is 0 Å². The van der Waals surface area contributed by atoms with Gasteiger partial charge in [-0.05, 0) is 56.9 Å². The monoisotopic (exact) mass is 357 g/mol. The van der Waals surface area contributed by atoms with E-state index in [9.17, 15) is 4.79 Å². The molecule has 4 rings (SSSR count). The molecule has 0 radical (unpaired) electrons. The van der Waals surface area contributed by atoms with Crippen LogP contribution in [-0.4, -0.2) is 68.2 Å². The zero-order valence-corrected chi connectivity index (χ0v) is 16.2. The van der Waals surface area contributed by atoms with Crippen LogP contribution in [-0.2, 0) is 9.53 Å². The molecule has 0 aromatic heterocycles. The molecule has 5 heteroatoms. The molecular formula is C21H31N3O2. The third-order valence-electron chi connectivity index (χ3n) is 6.88. The Balaban J connectivity index is 1.54. The molecule has 1 aromatic carbocycles. The normalized spacial score (nSPS) is 31.2. The first kappa shape index (κ1) is 18.0. The first-order valence-electron chi connectivity index (χ1n) is 9.87. The molecule has 3 fully saturated rings. The van der Waals surface area contributed by atoms with Gasteiger partial charge in [-0.1, -0.05) is 24.3 Å². The molecule has 1 N–H and O–H groups in total. The summed E-state index contributed by atoms with van der Waals surface area (Å²) in [4.78, 5) is 17.9. The van der Waals surface area contributed by atoms with Crippen LogP contribution in [0, 0.1) is 18.8 Å². The fourth-order valence-electron chi connectivity index (χ4n) is 5.43. The highest BCUT2D eigenvalue weighted by Crippen LogP contribution is 2.45. The molecule has 0 aliphatic carbocycles. The number of ether oxygens (including phenoxy) is 1. The Hall–Kier alpha value is -1.43. The maximum atomic E-state index is 13.3. The van der Waals surface area contributed by atoms with Crippen LogP contribution in [0.5, 0.6) is 0 Å². The topological polar surface area (TPSA) is 44.8 Å². The lowest BCUT2D eigenvalue weighted by molar-refractivity contribution is -0.157. The van der Waals surface area contributed by atoms with E-state index in [-0.39, 0.29) is 5.91 Å². The van der Waals surface area contributed by atoms with Crippen LogP contribution in [0.1, 0.15) is 30.0 Å². The Morgan fingerprint density at radius 1 is 1.19 bits per heavy atom. The first-order valence-corrected chi connectivity index (χ1v) is 9.87. The molecule has 3 saturated heterocycles. The van der Waals surface area contributed by atoms with E-state index in [1.54, 1.807) is 7.11 Å². The number of likely N-dealkylation sites (tertiary alicyclic amines) is 2. The quantitative estimate of drug-likeness (QED) is 0.896. The lowest BCUT2D eigenvalue weighted by atomic mass is 9.87. The van der Waals surface area contributed by atoms with E-state index in [0.717, 1.165) is 45.6 Å². The Labute approximate surface area is 156 Å². The van der Waals surface area contributed by atoms with Gasteiger partial charge in [0.2, 0.25) is 0 Å². The van der Waals surface area contributed by atoms with Crippen LogP contribution < -0.4 is 5.32 Å². The van der Waals surface area contributed by atoms with Gasteiger partial charge in [-0.3, -0.25) is 9.69 Å². The standard InChI is InChI=1S/C21H31N3O2/c1-15-6-4-5-7-17(15)19-18-14-24(13-16(18)12-23(19)2)20(25)21(26-3)8-10-22-11-9-21/h4-7,16,18-19,22H,8-14H2,1-3H3/t16-,18+,19+/m0/s1. The zero-order chi connectivity index (χ0) is 18.3. The maximum absolute atomic E-state index is 13.3. The molecule has 0 unspecified atom stereocenters. The number of aryl methyl sites for hydroxylation is 1. The molecule has 5 nitrogen and oxygen atoms in total. The number of methoxy groups -OCH3 is 1. The summed E-state index contributed by atoms with van der Waals surface area (Å²) in [6.45, 7) is 6.70. The number of fused-ring (bicyclic) bond motifs is 1. The van der Waals surface area contributed by atoms with Crippen molar-refractivity contribution in [2.75, 3.05) is 46.9 Å². The molecule has 0 bridgehead atoms. The summed E-state index contributed by atoms with van der Waals surface area (Å²) in [6.07, 6.45) is 1.55. The summed E-state index contributed by atoms with van der Waals surface area (Å²) in [7, 11) is 3.93. The molecular weight excluding hydrogens is 326 g/mol. The van der Waals surface area contributed by atoms with Crippen LogP contribution >= 0.6 is 0 Å². The smallest absolute Gasteiger partial charge is 0.254 e. The van der Waals surface area contributed by atoms with Gasteiger partial charge in [-0.25, -0.2) is 0 Å². The van der Waals surface area contributed by atoms with Crippen LogP contribution in [0.3, 0.4) is 0 Å². The van der Waals surface area contributed by atoms with E-state index in [1.807, 2.05) is 0 Å². The Morgan fingerprint density at radius 3 is 2.62 bits per heavy atom. The van der Waals surface area contributed by atoms with E-state index >= 15 is 0 Å². The summed E-state index contributed by atoms with van der Waals surface area (Å²) in [6, 6.07) is 9.10. The average molecular weight is 357 g/mol. The van der Waals surface area contributed by atoms with Gasteiger partial charge in [0.15, 0.2) is 0 Å². The molecule has 3 heterocycles. The first-order chi connectivity index (χ1) is 12.6. The largest absolute Gasteiger partial charge is 0.368 e. The Bertz CT molecular complexity index is 671. The minimum absolute atomic E-state index is 0.210. The predicted molar refractivity (Wildman–Crippen MR) is 102 cm³/mol. The number of hydrogen-bond acceptors (Lipinski definition) is 4. The van der Waals surface area contributed by atoms with Crippen molar-refractivity contribution in [1.82, 2.24) is 15.1 Å². The summed E-state index contributed by atoms with van der Waals surface area (Å²) in [5.41, 5.74) is 2.15. The second-order valence-electron chi connectivity index (χ2n) is 8.32. The maximum Gasteiger partial charge on any atom is 0.254 e. The summed E-state index contributed by atoms with van der Waals surface area (Å²) >= 11 is 0. The van der Waals surface area contributed by atoms with Crippen molar-refractivity contribution in [2.24, 2.45) is 11.8 Å². The van der Waals surface area contributed by atoms with Gasteiger partial charge < -0.3 is 15.0 Å². The molecule has 0 spiro atoms. The molecule has 0 saturated carbocycles. The van der Waals surface area contributed by atoms with Crippen molar-refractivity contribution in [3.8, 4) is 0 Å². The highest BCUT2D eigenvalue weighted by molar-refractivity contribution is 5.86. The SMILES string of the molecule is COC1(C(=O)N2C[C@@H]3CN(C)[C@H](c4ccccc4C)[C@@H]3C2)CCNCC1. The predicted octanol–water partition coefficient (Wildman–Crippen LogP) is 1.82. The van der Waals surface area contributed by atoms with Crippen molar-refractivity contribution >= 4 is 5.91 Å². The van der Waals surface area contributed by atoms with Crippen molar-refractivity contribution in [3.05, 3.63) is 35.4 Å². The lowest BCUT2D eigenvalue weighted by Crippen LogP contribution is -2.55. The van der Waals surface area contributed by atoms with E-state index in [0.29, 0.717) is 17.9 Å². The summed E-state index contributed by atoms with van der Waals surface area (Å²) < 4.78 is 5.79. The summed E-state index contributed by atoms with van der Waals surface area (Å²) in [5, 5.41) is 3.34. The van der Waals surface area contributed by atoms with E-state index in [1.165, 1.54) is 11.1 Å². The van der Waals surface area contributed by atoms with Crippen LogP contribution in [0.4, 0.5) is 0 Å². The molecule has 26 heavy (non-hydrogen) atoms. The number of benzene rings is 1. The number of nitrogens with one attached hydrogen (secondary N) is 1. The van der Waals surface area contributed by atoms with Crippen LogP contribution in [0.15, 0.2) is 24.3 Å². The van der Waals surface area contributed by atoms with E-state index in [2.05, 4.69) is 53.4 Å². The second-order valence-corrected chi connectivity index (χ2v) is 8.32. The van der Waals surface area contributed by atoms with E-state index < -0.39 is 5.60 Å². The molecule has 1 aromatic rings. The molecule has 3 aliphatic rings. The zero-order valence-electron chi connectivity index (χ0n) is 16.2. The number of carbonyl (C=O) groups is 1. The van der Waals surface area contributed by atoms with Crippen molar-refractivity contribution < 1.29 is 9.53 Å². The second kappa shape index (κ2) is 6.95. The van der Waals surface area contributed by atoms with Gasteiger partial charge in [0, 0.05) is 38.7 Å². The molecule has 3 aliphatic heterocycles. The highest BCUT2D eigenvalue weighted by atomic mass is 16.5. The number of rotatable bonds is 3.